The van der Waals surface area contributed by atoms with Crippen LogP contribution in [0.2, 0.25) is 0 Å². The number of benzene rings is 2. The number of hydrogen-bond acceptors (Lipinski definition) is 3. The highest BCUT2D eigenvalue weighted by Crippen LogP contribution is 2.13. The second kappa shape index (κ2) is 7.44. The van der Waals surface area contributed by atoms with Crippen molar-refractivity contribution in [1.82, 2.24) is 0 Å². The molecule has 2 aromatic carbocycles. The van der Waals surface area contributed by atoms with Crippen molar-refractivity contribution in [2.45, 2.75) is 6.10 Å². The van der Waals surface area contributed by atoms with Crippen LogP contribution in [0.4, 0.5) is 10.1 Å². The second-order valence-corrected chi connectivity index (χ2v) is 5.56. The van der Waals surface area contributed by atoms with E-state index in [0.717, 1.165) is 9.26 Å². The van der Waals surface area contributed by atoms with Gasteiger partial charge in [0.1, 0.15) is 24.3 Å². The van der Waals surface area contributed by atoms with Crippen molar-refractivity contribution < 1.29 is 14.2 Å². The van der Waals surface area contributed by atoms with Crippen molar-refractivity contribution in [1.29, 1.82) is 0 Å². The first kappa shape index (κ1) is 15.1. The first-order chi connectivity index (χ1) is 9.63. The summed E-state index contributed by atoms with van der Waals surface area (Å²) in [6.45, 7) is 0.545. The maximum Gasteiger partial charge on any atom is 0.123 e. The third kappa shape index (κ3) is 4.97. The highest BCUT2D eigenvalue weighted by atomic mass is 127. The average Bonchev–Trinajstić information content (AvgIpc) is 2.45. The van der Waals surface area contributed by atoms with E-state index in [2.05, 4.69) is 27.9 Å². The highest BCUT2D eigenvalue weighted by molar-refractivity contribution is 14.1. The Labute approximate surface area is 130 Å². The standard InChI is InChI=1S/C15H15FINO2/c16-11-4-6-15(7-5-11)20-10-14(19)9-18-13-3-1-2-12(17)8-13/h1-8,14,18-19H,9-10H2. The van der Waals surface area contributed by atoms with Gasteiger partial charge in [0, 0.05) is 15.8 Å². The van der Waals surface area contributed by atoms with Gasteiger partial charge in [-0.1, -0.05) is 6.07 Å². The minimum Gasteiger partial charge on any atom is -0.491 e. The molecule has 0 saturated heterocycles. The van der Waals surface area contributed by atoms with E-state index in [1.54, 1.807) is 0 Å². The Balaban J connectivity index is 1.75. The smallest absolute Gasteiger partial charge is 0.123 e. The van der Waals surface area contributed by atoms with Crippen molar-refractivity contribution in [3.05, 3.63) is 57.9 Å². The minimum atomic E-state index is -0.641. The molecule has 0 amide bonds. The molecule has 0 aliphatic rings. The lowest BCUT2D eigenvalue weighted by Gasteiger charge is -2.14. The lowest BCUT2D eigenvalue weighted by Crippen LogP contribution is -2.26. The Hall–Kier alpha value is -1.34. The fourth-order valence-corrected chi connectivity index (χ4v) is 2.16. The van der Waals surface area contributed by atoms with Crippen LogP contribution in [0.25, 0.3) is 0 Å². The number of aliphatic hydroxyl groups excluding tert-OH is 1. The Morgan fingerprint density at radius 2 is 1.95 bits per heavy atom. The van der Waals surface area contributed by atoms with E-state index in [1.165, 1.54) is 24.3 Å². The van der Waals surface area contributed by atoms with Crippen LogP contribution in [-0.2, 0) is 0 Å². The van der Waals surface area contributed by atoms with Gasteiger partial charge in [-0.05, 0) is 65.1 Å². The summed E-state index contributed by atoms with van der Waals surface area (Å²) in [5.41, 5.74) is 0.956. The molecule has 1 unspecified atom stereocenters. The van der Waals surface area contributed by atoms with Gasteiger partial charge in [0.2, 0.25) is 0 Å². The van der Waals surface area contributed by atoms with E-state index in [4.69, 9.17) is 4.74 Å². The Morgan fingerprint density at radius 3 is 2.65 bits per heavy atom. The molecule has 2 N–H and O–H groups in total. The summed E-state index contributed by atoms with van der Waals surface area (Å²) in [6.07, 6.45) is -0.641. The lowest BCUT2D eigenvalue weighted by atomic mass is 10.3. The quantitative estimate of drug-likeness (QED) is 0.748. The molecule has 0 fully saturated rings. The van der Waals surface area contributed by atoms with E-state index in [-0.39, 0.29) is 12.4 Å². The van der Waals surface area contributed by atoms with Gasteiger partial charge in [0.05, 0.1) is 0 Å². The molecule has 0 saturated carbocycles. The van der Waals surface area contributed by atoms with E-state index < -0.39 is 6.10 Å². The van der Waals surface area contributed by atoms with E-state index in [9.17, 15) is 9.50 Å². The molecule has 2 aromatic rings. The largest absolute Gasteiger partial charge is 0.491 e. The fourth-order valence-electron chi connectivity index (χ4n) is 1.62. The summed E-state index contributed by atoms with van der Waals surface area (Å²) in [7, 11) is 0. The van der Waals surface area contributed by atoms with Crippen molar-refractivity contribution in [2.24, 2.45) is 0 Å². The molecule has 0 spiro atoms. The molecule has 20 heavy (non-hydrogen) atoms. The van der Waals surface area contributed by atoms with E-state index in [1.807, 2.05) is 24.3 Å². The number of ether oxygens (including phenoxy) is 1. The van der Waals surface area contributed by atoms with E-state index in [0.29, 0.717) is 12.3 Å². The zero-order valence-electron chi connectivity index (χ0n) is 10.7. The van der Waals surface area contributed by atoms with Gasteiger partial charge in [-0.3, -0.25) is 0 Å². The zero-order chi connectivity index (χ0) is 14.4. The minimum absolute atomic E-state index is 0.155. The molecule has 0 heterocycles. The van der Waals surface area contributed by atoms with Crippen LogP contribution < -0.4 is 10.1 Å². The molecule has 0 aromatic heterocycles. The van der Waals surface area contributed by atoms with Crippen LogP contribution in [0.5, 0.6) is 5.75 Å². The molecule has 0 radical (unpaired) electrons. The van der Waals surface area contributed by atoms with Crippen LogP contribution in [0.3, 0.4) is 0 Å². The predicted molar refractivity (Wildman–Crippen MR) is 85.6 cm³/mol. The van der Waals surface area contributed by atoms with Gasteiger partial charge in [-0.25, -0.2) is 4.39 Å². The molecule has 0 bridgehead atoms. The van der Waals surface area contributed by atoms with Crippen molar-refractivity contribution >= 4 is 28.3 Å². The van der Waals surface area contributed by atoms with Gasteiger partial charge in [-0.15, -0.1) is 0 Å². The van der Waals surface area contributed by atoms with Crippen LogP contribution >= 0.6 is 22.6 Å². The summed E-state index contributed by atoms with van der Waals surface area (Å²) >= 11 is 2.23. The Bertz CT molecular complexity index is 548. The summed E-state index contributed by atoms with van der Waals surface area (Å²) in [5, 5.41) is 13.0. The van der Waals surface area contributed by atoms with Gasteiger partial charge >= 0.3 is 0 Å². The van der Waals surface area contributed by atoms with Crippen molar-refractivity contribution in [2.75, 3.05) is 18.5 Å². The first-order valence-corrected chi connectivity index (χ1v) is 7.27. The molecule has 5 heteroatoms. The molecule has 106 valence electrons. The molecule has 0 aliphatic heterocycles. The zero-order valence-corrected chi connectivity index (χ0v) is 12.9. The number of anilines is 1. The van der Waals surface area contributed by atoms with Gasteiger partial charge in [0.15, 0.2) is 0 Å². The van der Waals surface area contributed by atoms with E-state index >= 15 is 0 Å². The monoisotopic (exact) mass is 387 g/mol. The molecule has 1 atom stereocenters. The summed E-state index contributed by atoms with van der Waals surface area (Å²) < 4.78 is 19.2. The van der Waals surface area contributed by atoms with Crippen LogP contribution in [0.1, 0.15) is 0 Å². The fraction of sp³-hybridized carbons (Fsp3) is 0.200. The van der Waals surface area contributed by atoms with Crippen molar-refractivity contribution in [3.8, 4) is 5.75 Å². The third-order valence-electron chi connectivity index (χ3n) is 2.62. The number of halogens is 2. The highest BCUT2D eigenvalue weighted by Gasteiger charge is 2.05. The molecule has 2 rings (SSSR count). The Morgan fingerprint density at radius 1 is 1.20 bits per heavy atom. The average molecular weight is 387 g/mol. The summed E-state index contributed by atoms with van der Waals surface area (Å²) in [5.74, 6) is 0.234. The maximum absolute atomic E-state index is 12.7. The lowest BCUT2D eigenvalue weighted by molar-refractivity contribution is 0.117. The Kier molecular flexibility index (Phi) is 5.60. The topological polar surface area (TPSA) is 41.5 Å². The molecule has 0 aliphatic carbocycles. The second-order valence-electron chi connectivity index (χ2n) is 4.31. The van der Waals surface area contributed by atoms with Gasteiger partial charge in [0.25, 0.3) is 0 Å². The van der Waals surface area contributed by atoms with Gasteiger partial charge < -0.3 is 15.2 Å². The number of aliphatic hydroxyl groups is 1. The molecule has 3 nitrogen and oxygen atoms in total. The molecular weight excluding hydrogens is 372 g/mol. The SMILES string of the molecule is OC(CNc1cccc(I)c1)COc1ccc(F)cc1. The normalized spacial score (nSPS) is 11.9. The van der Waals surface area contributed by atoms with Crippen LogP contribution in [0.15, 0.2) is 48.5 Å². The summed E-state index contributed by atoms with van der Waals surface area (Å²) in [6, 6.07) is 13.6. The number of nitrogens with one attached hydrogen (secondary N) is 1. The van der Waals surface area contributed by atoms with Gasteiger partial charge in [-0.2, -0.15) is 0 Å². The summed E-state index contributed by atoms with van der Waals surface area (Å²) in [4.78, 5) is 0. The van der Waals surface area contributed by atoms with Crippen LogP contribution in [-0.4, -0.2) is 24.4 Å². The third-order valence-corrected chi connectivity index (χ3v) is 3.29. The predicted octanol–water partition coefficient (Wildman–Crippen LogP) is 3.28. The maximum atomic E-state index is 12.7. The van der Waals surface area contributed by atoms with Crippen LogP contribution in [0, 0.1) is 9.39 Å². The number of hydrogen-bond donors (Lipinski definition) is 2. The van der Waals surface area contributed by atoms with Crippen molar-refractivity contribution in [3.63, 3.8) is 0 Å². The number of rotatable bonds is 6. The first-order valence-electron chi connectivity index (χ1n) is 6.19. The molecular formula is C15H15FINO2.